The van der Waals surface area contributed by atoms with Crippen LogP contribution in [0.2, 0.25) is 0 Å². The molecule has 9 nitrogen and oxygen atoms in total. The van der Waals surface area contributed by atoms with E-state index in [1.54, 1.807) is 24.1 Å². The quantitative estimate of drug-likeness (QED) is 0.611. The maximum absolute atomic E-state index is 12.8. The maximum atomic E-state index is 12.8. The topological polar surface area (TPSA) is 102 Å². The molecule has 3 atom stereocenters. The Balaban J connectivity index is 1.62. The number of aromatic nitrogens is 1. The lowest BCUT2D eigenvalue weighted by atomic mass is 9.80. The van der Waals surface area contributed by atoms with E-state index in [9.17, 15) is 9.59 Å². The second-order valence-electron chi connectivity index (χ2n) is 11.1. The summed E-state index contributed by atoms with van der Waals surface area (Å²) in [6.45, 7) is 14.1. The van der Waals surface area contributed by atoms with Crippen LogP contribution in [0, 0.1) is 17.2 Å². The van der Waals surface area contributed by atoms with Gasteiger partial charge in [0.1, 0.15) is 17.5 Å². The van der Waals surface area contributed by atoms with Crippen LogP contribution in [0.4, 0.5) is 22.0 Å². The van der Waals surface area contributed by atoms with Gasteiger partial charge in [0.15, 0.2) is 0 Å². The predicted molar refractivity (Wildman–Crippen MR) is 148 cm³/mol. The summed E-state index contributed by atoms with van der Waals surface area (Å²) in [4.78, 5) is 35.7. The van der Waals surface area contributed by atoms with Crippen molar-refractivity contribution < 1.29 is 14.3 Å². The van der Waals surface area contributed by atoms with Gasteiger partial charge in [-0.3, -0.25) is 4.79 Å². The number of amides is 2. The molecule has 2 aliphatic rings. The average molecular weight is 519 g/mol. The summed E-state index contributed by atoms with van der Waals surface area (Å²) in [5, 5.41) is 12.7. The van der Waals surface area contributed by atoms with Gasteiger partial charge in [-0.1, -0.05) is 13.8 Å². The predicted octanol–water partition coefficient (Wildman–Crippen LogP) is 4.94. The third-order valence-electron chi connectivity index (χ3n) is 7.32. The van der Waals surface area contributed by atoms with Crippen LogP contribution in [0.25, 0.3) is 0 Å². The molecule has 2 aliphatic heterocycles. The molecule has 0 bridgehead atoms. The summed E-state index contributed by atoms with van der Waals surface area (Å²) in [7, 11) is 0. The summed E-state index contributed by atoms with van der Waals surface area (Å²) >= 11 is 0. The normalized spacial score (nSPS) is 21.4. The summed E-state index contributed by atoms with van der Waals surface area (Å²) in [6, 6.07) is 11.9. The Kier molecular flexibility index (Phi) is 7.81. The Morgan fingerprint density at radius 3 is 2.42 bits per heavy atom. The van der Waals surface area contributed by atoms with Crippen molar-refractivity contribution >= 4 is 29.2 Å². The largest absolute Gasteiger partial charge is 0.444 e. The Morgan fingerprint density at radius 1 is 1.16 bits per heavy atom. The minimum Gasteiger partial charge on any atom is -0.444 e. The highest BCUT2D eigenvalue weighted by molar-refractivity contribution is 5.94. The fraction of sp³-hybridized carbons (Fsp3) is 0.517. The number of nitrogens with zero attached hydrogens (tertiary/aromatic N) is 5. The summed E-state index contributed by atoms with van der Waals surface area (Å²) in [5.74, 6) is 0.834. The smallest absolute Gasteiger partial charge is 0.410 e. The second kappa shape index (κ2) is 10.9. The number of hydrogen-bond acceptors (Lipinski definition) is 7. The number of anilines is 3. The molecule has 1 N–H and O–H groups in total. The molecule has 1 saturated heterocycles. The van der Waals surface area contributed by atoms with E-state index in [-0.39, 0.29) is 30.0 Å². The molecular formula is C29H38N6O3. The average Bonchev–Trinajstić information content (AvgIpc) is 2.89. The highest BCUT2D eigenvalue weighted by Crippen LogP contribution is 2.44. The third-order valence-corrected chi connectivity index (χ3v) is 7.32. The lowest BCUT2D eigenvalue weighted by Gasteiger charge is -2.46. The fourth-order valence-electron chi connectivity index (χ4n) is 5.47. The van der Waals surface area contributed by atoms with Crippen molar-refractivity contribution in [2.24, 2.45) is 5.92 Å². The number of carbonyl (C=O) groups is 2. The molecule has 0 radical (unpaired) electrons. The minimum atomic E-state index is -0.520. The van der Waals surface area contributed by atoms with Crippen LogP contribution in [0.3, 0.4) is 0 Å². The number of ether oxygens (including phenoxy) is 1. The van der Waals surface area contributed by atoms with Gasteiger partial charge in [-0.2, -0.15) is 5.26 Å². The molecule has 1 aromatic carbocycles. The second-order valence-corrected chi connectivity index (χ2v) is 11.1. The zero-order valence-electron chi connectivity index (χ0n) is 23.2. The molecule has 0 spiro atoms. The molecule has 4 rings (SSSR count). The molecule has 0 aliphatic carbocycles. The fourth-order valence-corrected chi connectivity index (χ4v) is 5.47. The Hall–Kier alpha value is -3.80. The zero-order chi connectivity index (χ0) is 27.6. The van der Waals surface area contributed by atoms with Crippen LogP contribution in [0.15, 0.2) is 36.5 Å². The molecule has 3 heterocycles. The van der Waals surface area contributed by atoms with Crippen molar-refractivity contribution in [2.45, 2.75) is 65.6 Å². The van der Waals surface area contributed by atoms with Crippen LogP contribution in [-0.4, -0.2) is 59.7 Å². The van der Waals surface area contributed by atoms with Crippen molar-refractivity contribution in [3.05, 3.63) is 47.7 Å². The van der Waals surface area contributed by atoms with Crippen molar-refractivity contribution in [3.8, 4) is 6.07 Å². The number of pyridine rings is 1. The van der Waals surface area contributed by atoms with Crippen LogP contribution in [-0.2, 0) is 9.53 Å². The van der Waals surface area contributed by atoms with E-state index in [1.165, 1.54) is 0 Å². The minimum absolute atomic E-state index is 0.0265. The van der Waals surface area contributed by atoms with E-state index in [4.69, 9.17) is 10.00 Å². The molecule has 38 heavy (non-hydrogen) atoms. The first-order valence-corrected chi connectivity index (χ1v) is 13.3. The SMILES string of the molecule is CC[C@H]1C(C)[C@@H](Nc2ccc(C#N)cn2)c2cc(N3CCN(C(=O)OC(C)(C)C)CC3)ccc2N1C(C)=O. The van der Waals surface area contributed by atoms with E-state index in [1.807, 2.05) is 37.8 Å². The monoisotopic (exact) mass is 518 g/mol. The molecule has 2 amide bonds. The zero-order valence-corrected chi connectivity index (χ0v) is 23.2. The van der Waals surface area contributed by atoms with Gasteiger partial charge in [-0.25, -0.2) is 9.78 Å². The Bertz CT molecular complexity index is 1210. The maximum Gasteiger partial charge on any atom is 0.410 e. The van der Waals surface area contributed by atoms with Crippen LogP contribution in [0.1, 0.15) is 65.1 Å². The van der Waals surface area contributed by atoms with Crippen LogP contribution < -0.4 is 15.1 Å². The number of hydrogen-bond donors (Lipinski definition) is 1. The number of piperazine rings is 1. The van der Waals surface area contributed by atoms with E-state index < -0.39 is 5.60 Å². The third kappa shape index (κ3) is 5.69. The van der Waals surface area contributed by atoms with E-state index >= 15 is 0 Å². The molecule has 1 fully saturated rings. The lowest BCUT2D eigenvalue weighted by Crippen LogP contribution is -2.51. The van der Waals surface area contributed by atoms with E-state index in [0.717, 1.165) is 23.4 Å². The van der Waals surface area contributed by atoms with Gasteiger partial charge in [-0.05, 0) is 57.5 Å². The van der Waals surface area contributed by atoms with Crippen molar-refractivity contribution in [1.82, 2.24) is 9.88 Å². The van der Waals surface area contributed by atoms with Gasteiger partial charge < -0.3 is 24.8 Å². The van der Waals surface area contributed by atoms with Gasteiger partial charge in [0.05, 0.1) is 11.6 Å². The Labute approximate surface area is 225 Å². The molecule has 9 heteroatoms. The van der Waals surface area contributed by atoms with Crippen molar-refractivity contribution in [2.75, 3.05) is 41.3 Å². The standard InChI is InChI=1S/C29H38N6O3/c1-7-24-19(2)27(32-26-11-8-21(17-30)18-31-26)23-16-22(9-10-25(23)35(24)20(3)36)33-12-14-34(15-13-33)28(37)38-29(4,5)6/h8-11,16,18-19,24,27H,7,12-15H2,1-6H3,(H,31,32)/t19?,24-,27+/m0/s1. The molecular weight excluding hydrogens is 480 g/mol. The van der Waals surface area contributed by atoms with Gasteiger partial charge in [-0.15, -0.1) is 0 Å². The summed E-state index contributed by atoms with van der Waals surface area (Å²) < 4.78 is 5.54. The number of nitriles is 1. The summed E-state index contributed by atoms with van der Waals surface area (Å²) in [6.07, 6.45) is 2.11. The lowest BCUT2D eigenvalue weighted by molar-refractivity contribution is -0.117. The van der Waals surface area contributed by atoms with Crippen LogP contribution >= 0.6 is 0 Å². The van der Waals surface area contributed by atoms with E-state index in [2.05, 4.69) is 47.3 Å². The first-order chi connectivity index (χ1) is 18.0. The van der Waals surface area contributed by atoms with Gasteiger partial charge in [0, 0.05) is 68.2 Å². The molecule has 1 aromatic heterocycles. The molecule has 1 unspecified atom stereocenters. The Morgan fingerprint density at radius 2 is 1.87 bits per heavy atom. The first kappa shape index (κ1) is 27.2. The molecule has 0 saturated carbocycles. The summed E-state index contributed by atoms with van der Waals surface area (Å²) in [5.41, 5.74) is 2.99. The number of nitrogens with one attached hydrogen (secondary N) is 1. The highest BCUT2D eigenvalue weighted by atomic mass is 16.6. The molecule has 2 aromatic rings. The number of rotatable bonds is 4. The number of carbonyl (C=O) groups excluding carboxylic acids is 2. The number of benzene rings is 1. The highest BCUT2D eigenvalue weighted by Gasteiger charge is 2.40. The molecule has 202 valence electrons. The van der Waals surface area contributed by atoms with E-state index in [0.29, 0.717) is 37.6 Å². The van der Waals surface area contributed by atoms with Gasteiger partial charge in [0.25, 0.3) is 0 Å². The van der Waals surface area contributed by atoms with Gasteiger partial charge in [0.2, 0.25) is 5.91 Å². The number of fused-ring (bicyclic) bond motifs is 1. The van der Waals surface area contributed by atoms with Crippen molar-refractivity contribution in [1.29, 1.82) is 5.26 Å². The first-order valence-electron chi connectivity index (χ1n) is 13.3. The van der Waals surface area contributed by atoms with Crippen LogP contribution in [0.5, 0.6) is 0 Å². The van der Waals surface area contributed by atoms with Crippen molar-refractivity contribution in [3.63, 3.8) is 0 Å². The van der Waals surface area contributed by atoms with Gasteiger partial charge >= 0.3 is 6.09 Å².